The molecule has 122 valence electrons. The van der Waals surface area contributed by atoms with Crippen LogP contribution in [-0.4, -0.2) is 68.4 Å². The molecule has 0 radical (unpaired) electrons. The maximum atomic E-state index is 12.7. The third-order valence-electron chi connectivity index (χ3n) is 4.07. The van der Waals surface area contributed by atoms with E-state index in [1.165, 1.54) is 8.61 Å². The van der Waals surface area contributed by atoms with E-state index < -0.39 is 10.2 Å². The van der Waals surface area contributed by atoms with Crippen LogP contribution in [0.15, 0.2) is 0 Å². The van der Waals surface area contributed by atoms with Gasteiger partial charge in [-0.3, -0.25) is 4.79 Å². The molecule has 0 saturated carbocycles. The molecule has 2 saturated heterocycles. The third kappa shape index (κ3) is 3.74. The van der Waals surface area contributed by atoms with Crippen molar-refractivity contribution in [1.82, 2.24) is 13.9 Å². The molecule has 0 aromatic rings. The van der Waals surface area contributed by atoms with Crippen molar-refractivity contribution in [3.8, 4) is 0 Å². The Morgan fingerprint density at radius 3 is 2.81 bits per heavy atom. The lowest BCUT2D eigenvalue weighted by molar-refractivity contribution is -0.149. The van der Waals surface area contributed by atoms with Gasteiger partial charge in [-0.2, -0.15) is 17.0 Å². The molecule has 7 nitrogen and oxygen atoms in total. The van der Waals surface area contributed by atoms with Crippen molar-refractivity contribution in [3.05, 3.63) is 0 Å². The SMILES string of the molecule is CCOC(=O)C1CCCN(S(=O)(=O)N2CCNC[C@H]2C)C1. The first kappa shape index (κ1) is 16.7. The van der Waals surface area contributed by atoms with E-state index in [0.29, 0.717) is 45.6 Å². The molecule has 0 aliphatic carbocycles. The fraction of sp³-hybridized carbons (Fsp3) is 0.923. The highest BCUT2D eigenvalue weighted by atomic mass is 32.2. The first-order valence-corrected chi connectivity index (χ1v) is 9.00. The van der Waals surface area contributed by atoms with Crippen LogP contribution in [0.4, 0.5) is 0 Å². The lowest BCUT2D eigenvalue weighted by atomic mass is 10.0. The minimum absolute atomic E-state index is 0.0632. The van der Waals surface area contributed by atoms with Crippen molar-refractivity contribution in [2.45, 2.75) is 32.7 Å². The van der Waals surface area contributed by atoms with Crippen LogP contribution in [0.2, 0.25) is 0 Å². The zero-order valence-corrected chi connectivity index (χ0v) is 13.6. The normalized spacial score (nSPS) is 29.2. The molecule has 0 aromatic carbocycles. The van der Waals surface area contributed by atoms with Gasteiger partial charge < -0.3 is 10.1 Å². The van der Waals surface area contributed by atoms with Gasteiger partial charge in [-0.15, -0.1) is 0 Å². The van der Waals surface area contributed by atoms with Gasteiger partial charge in [0.05, 0.1) is 12.5 Å². The minimum Gasteiger partial charge on any atom is -0.466 e. The van der Waals surface area contributed by atoms with Crippen molar-refractivity contribution in [2.24, 2.45) is 5.92 Å². The Morgan fingerprint density at radius 2 is 2.14 bits per heavy atom. The molecule has 0 amide bonds. The number of piperidine rings is 1. The number of hydrogen-bond acceptors (Lipinski definition) is 5. The molecule has 21 heavy (non-hydrogen) atoms. The molecule has 0 aromatic heterocycles. The molecule has 8 heteroatoms. The van der Waals surface area contributed by atoms with E-state index in [2.05, 4.69) is 5.32 Å². The number of carbonyl (C=O) groups is 1. The molecule has 0 spiro atoms. The molecule has 2 atom stereocenters. The fourth-order valence-corrected chi connectivity index (χ4v) is 4.79. The van der Waals surface area contributed by atoms with Crippen molar-refractivity contribution in [2.75, 3.05) is 39.3 Å². The Kier molecular flexibility index (Phi) is 5.59. The average molecular weight is 319 g/mol. The monoisotopic (exact) mass is 319 g/mol. The number of rotatable bonds is 4. The van der Waals surface area contributed by atoms with Crippen molar-refractivity contribution in [1.29, 1.82) is 0 Å². The topological polar surface area (TPSA) is 79.0 Å². The average Bonchev–Trinajstić information content (AvgIpc) is 2.48. The second-order valence-corrected chi connectivity index (χ2v) is 7.50. The summed E-state index contributed by atoms with van der Waals surface area (Å²) in [6.07, 6.45) is 1.39. The van der Waals surface area contributed by atoms with E-state index >= 15 is 0 Å². The van der Waals surface area contributed by atoms with Crippen molar-refractivity contribution < 1.29 is 17.9 Å². The Bertz CT molecular complexity index is 468. The summed E-state index contributed by atoms with van der Waals surface area (Å²) >= 11 is 0. The van der Waals surface area contributed by atoms with Crippen LogP contribution in [0.3, 0.4) is 0 Å². The number of hydrogen-bond donors (Lipinski definition) is 1. The van der Waals surface area contributed by atoms with Gasteiger partial charge in [0.25, 0.3) is 10.2 Å². The lowest BCUT2D eigenvalue weighted by Crippen LogP contribution is -2.57. The summed E-state index contributed by atoms with van der Waals surface area (Å²) in [6, 6.07) is -0.0632. The van der Waals surface area contributed by atoms with Crippen LogP contribution in [0.1, 0.15) is 26.7 Å². The summed E-state index contributed by atoms with van der Waals surface area (Å²) in [4.78, 5) is 11.8. The smallest absolute Gasteiger partial charge is 0.310 e. The number of nitrogens with one attached hydrogen (secondary N) is 1. The van der Waals surface area contributed by atoms with Crippen LogP contribution >= 0.6 is 0 Å². The fourth-order valence-electron chi connectivity index (χ4n) is 2.92. The van der Waals surface area contributed by atoms with Gasteiger partial charge in [0, 0.05) is 38.8 Å². The zero-order chi connectivity index (χ0) is 15.5. The number of esters is 1. The molecular formula is C13H25N3O4S. The summed E-state index contributed by atoms with van der Waals surface area (Å²) in [5, 5.41) is 3.18. The molecule has 1 unspecified atom stereocenters. The zero-order valence-electron chi connectivity index (χ0n) is 12.7. The van der Waals surface area contributed by atoms with Crippen LogP contribution in [0, 0.1) is 5.92 Å². The molecular weight excluding hydrogens is 294 g/mol. The van der Waals surface area contributed by atoms with E-state index in [0.717, 1.165) is 0 Å². The van der Waals surface area contributed by atoms with E-state index in [9.17, 15) is 13.2 Å². The van der Waals surface area contributed by atoms with E-state index in [-0.39, 0.29) is 24.5 Å². The van der Waals surface area contributed by atoms with Crippen molar-refractivity contribution in [3.63, 3.8) is 0 Å². The molecule has 2 rings (SSSR count). The van der Waals surface area contributed by atoms with Crippen LogP contribution in [-0.2, 0) is 19.7 Å². The lowest BCUT2D eigenvalue weighted by Gasteiger charge is -2.39. The van der Waals surface area contributed by atoms with Crippen LogP contribution in [0.5, 0.6) is 0 Å². The highest BCUT2D eigenvalue weighted by molar-refractivity contribution is 7.86. The van der Waals surface area contributed by atoms with Gasteiger partial charge in [-0.05, 0) is 26.7 Å². The standard InChI is InChI=1S/C13H25N3O4S/c1-3-20-13(17)12-5-4-7-15(10-12)21(18,19)16-8-6-14-9-11(16)2/h11-12,14H,3-10H2,1-2H3/t11-,12?/m1/s1. The van der Waals surface area contributed by atoms with Crippen LogP contribution < -0.4 is 5.32 Å². The van der Waals surface area contributed by atoms with Gasteiger partial charge >= 0.3 is 5.97 Å². The first-order chi connectivity index (χ1) is 9.96. The van der Waals surface area contributed by atoms with Gasteiger partial charge in [-0.25, -0.2) is 0 Å². The Hall–Kier alpha value is -0.700. The number of ether oxygens (including phenoxy) is 1. The van der Waals surface area contributed by atoms with Crippen molar-refractivity contribution >= 4 is 16.2 Å². The highest BCUT2D eigenvalue weighted by Crippen LogP contribution is 2.23. The third-order valence-corrected chi connectivity index (χ3v) is 6.19. The van der Waals surface area contributed by atoms with E-state index in [4.69, 9.17) is 4.74 Å². The Labute approximate surface area is 126 Å². The maximum absolute atomic E-state index is 12.7. The van der Waals surface area contributed by atoms with Gasteiger partial charge in [0.2, 0.25) is 0 Å². The summed E-state index contributed by atoms with van der Waals surface area (Å²) in [5.41, 5.74) is 0. The Balaban J connectivity index is 2.07. The summed E-state index contributed by atoms with van der Waals surface area (Å²) < 4.78 is 33.5. The molecule has 1 N–H and O–H groups in total. The second-order valence-electron chi connectivity index (χ2n) is 5.62. The highest BCUT2D eigenvalue weighted by Gasteiger charge is 2.38. The summed E-state index contributed by atoms with van der Waals surface area (Å²) in [7, 11) is -3.50. The molecule has 0 bridgehead atoms. The second kappa shape index (κ2) is 7.04. The van der Waals surface area contributed by atoms with Gasteiger partial charge in [0.1, 0.15) is 0 Å². The largest absolute Gasteiger partial charge is 0.466 e. The molecule has 2 aliphatic rings. The van der Waals surface area contributed by atoms with E-state index in [1.54, 1.807) is 6.92 Å². The van der Waals surface area contributed by atoms with Gasteiger partial charge in [-0.1, -0.05) is 0 Å². The van der Waals surface area contributed by atoms with Gasteiger partial charge in [0.15, 0.2) is 0 Å². The minimum atomic E-state index is -3.50. The Morgan fingerprint density at radius 1 is 1.38 bits per heavy atom. The molecule has 2 aliphatic heterocycles. The predicted molar refractivity (Wildman–Crippen MR) is 78.9 cm³/mol. The molecule has 2 heterocycles. The number of carbonyl (C=O) groups excluding carboxylic acids is 1. The maximum Gasteiger partial charge on any atom is 0.310 e. The molecule has 2 fully saturated rings. The first-order valence-electron chi connectivity index (χ1n) is 7.61. The summed E-state index contributed by atoms with van der Waals surface area (Å²) in [5.74, 6) is -0.627. The predicted octanol–water partition coefficient (Wildman–Crippen LogP) is -0.200. The number of nitrogens with zero attached hydrogens (tertiary/aromatic N) is 2. The number of piperazine rings is 1. The van der Waals surface area contributed by atoms with Crippen LogP contribution in [0.25, 0.3) is 0 Å². The van der Waals surface area contributed by atoms with E-state index in [1.807, 2.05) is 6.92 Å². The quantitative estimate of drug-likeness (QED) is 0.726. The summed E-state index contributed by atoms with van der Waals surface area (Å²) in [6.45, 7) is 6.51.